The lowest BCUT2D eigenvalue weighted by Gasteiger charge is -2.29. The van der Waals surface area contributed by atoms with Crippen molar-refractivity contribution in [3.05, 3.63) is 23.8 Å². The Morgan fingerprint density at radius 1 is 1.21 bits per heavy atom. The zero-order valence-corrected chi connectivity index (χ0v) is 20.9. The second kappa shape index (κ2) is 13.4. The standard InChI is InChI=1S/C28H44O5/c1-4-5-10-20(2)25(29)15-14-23-24-18-21(11-6-7-12-27(30)31-3)17-22(24)19-26(23)33-28-13-8-9-16-32-28/h11,14-15,20,22-24,26,28H,4-10,12-13,16-19H2,1-3H3/t20-,22-,23-,24+,26-,28?/m1/s1. The molecule has 5 nitrogen and oxygen atoms in total. The van der Waals surface area contributed by atoms with E-state index >= 15 is 0 Å². The fourth-order valence-corrected chi connectivity index (χ4v) is 5.75. The van der Waals surface area contributed by atoms with Crippen LogP contribution in [0.25, 0.3) is 0 Å². The molecule has 1 heterocycles. The summed E-state index contributed by atoms with van der Waals surface area (Å²) in [5.74, 6) is 1.60. The molecule has 0 bridgehead atoms. The Bertz CT molecular complexity index is 690. The van der Waals surface area contributed by atoms with E-state index in [2.05, 4.69) is 19.1 Å². The third-order valence-corrected chi connectivity index (χ3v) is 7.76. The summed E-state index contributed by atoms with van der Waals surface area (Å²) in [5.41, 5.74) is 1.50. The van der Waals surface area contributed by atoms with Gasteiger partial charge in [-0.15, -0.1) is 0 Å². The van der Waals surface area contributed by atoms with Gasteiger partial charge in [-0.3, -0.25) is 9.59 Å². The van der Waals surface area contributed by atoms with Crippen LogP contribution in [0.3, 0.4) is 0 Å². The average Bonchev–Trinajstić information content (AvgIpc) is 3.36. The molecule has 0 radical (unpaired) electrons. The maximum atomic E-state index is 12.7. The number of hydrogen-bond donors (Lipinski definition) is 0. The molecule has 1 unspecified atom stereocenters. The summed E-state index contributed by atoms with van der Waals surface area (Å²) in [4.78, 5) is 24.1. The summed E-state index contributed by atoms with van der Waals surface area (Å²) in [6.45, 7) is 5.01. The van der Waals surface area contributed by atoms with E-state index in [0.717, 1.165) is 77.2 Å². The molecule has 3 aliphatic rings. The number of carbonyl (C=O) groups excluding carboxylic acids is 2. The second-order valence-electron chi connectivity index (χ2n) is 10.3. The average molecular weight is 461 g/mol. The van der Waals surface area contributed by atoms with E-state index in [1.807, 2.05) is 13.0 Å². The topological polar surface area (TPSA) is 61.8 Å². The molecule has 2 saturated carbocycles. The Kier molecular flexibility index (Phi) is 10.6. The van der Waals surface area contributed by atoms with Crippen LogP contribution in [-0.4, -0.2) is 37.9 Å². The van der Waals surface area contributed by atoms with Crippen molar-refractivity contribution in [2.45, 2.75) is 103 Å². The molecule has 0 N–H and O–H groups in total. The van der Waals surface area contributed by atoms with Gasteiger partial charge >= 0.3 is 5.97 Å². The molecule has 33 heavy (non-hydrogen) atoms. The molecule has 2 aliphatic carbocycles. The second-order valence-corrected chi connectivity index (χ2v) is 10.3. The molecule has 3 fully saturated rings. The van der Waals surface area contributed by atoms with Crippen molar-refractivity contribution in [1.82, 2.24) is 0 Å². The number of rotatable bonds is 12. The number of unbranched alkanes of at least 4 members (excludes halogenated alkanes) is 2. The van der Waals surface area contributed by atoms with Crippen LogP contribution >= 0.6 is 0 Å². The van der Waals surface area contributed by atoms with Crippen LogP contribution < -0.4 is 0 Å². The number of hydrogen-bond acceptors (Lipinski definition) is 5. The van der Waals surface area contributed by atoms with Gasteiger partial charge in [0.05, 0.1) is 13.2 Å². The molecule has 0 spiro atoms. The van der Waals surface area contributed by atoms with E-state index in [0.29, 0.717) is 18.3 Å². The number of methoxy groups -OCH3 is 1. The smallest absolute Gasteiger partial charge is 0.305 e. The predicted octanol–water partition coefficient (Wildman–Crippen LogP) is 6.17. The molecular weight excluding hydrogens is 416 g/mol. The first-order valence-corrected chi connectivity index (χ1v) is 13.3. The third-order valence-electron chi connectivity index (χ3n) is 7.76. The van der Waals surface area contributed by atoms with Gasteiger partial charge in [-0.1, -0.05) is 44.4 Å². The molecule has 0 aromatic carbocycles. The van der Waals surface area contributed by atoms with Gasteiger partial charge in [-0.2, -0.15) is 0 Å². The fraction of sp³-hybridized carbons (Fsp3) is 0.786. The molecule has 5 heteroatoms. The molecule has 0 amide bonds. The molecular formula is C28H44O5. The van der Waals surface area contributed by atoms with Gasteiger partial charge < -0.3 is 14.2 Å². The third kappa shape index (κ3) is 7.78. The number of fused-ring (bicyclic) bond motifs is 1. The van der Waals surface area contributed by atoms with Crippen LogP contribution in [0.2, 0.25) is 0 Å². The van der Waals surface area contributed by atoms with Crippen LogP contribution in [0.4, 0.5) is 0 Å². The first kappa shape index (κ1) is 26.2. The lowest BCUT2D eigenvalue weighted by atomic mass is 9.89. The van der Waals surface area contributed by atoms with E-state index in [1.165, 1.54) is 12.7 Å². The lowest BCUT2D eigenvalue weighted by Crippen LogP contribution is -2.30. The Balaban J connectivity index is 1.62. The SMILES string of the molecule is CCCC[C@@H](C)C(=O)C=C[C@@H]1[C@H]2CC(=CCCCC(=O)OC)C[C@@H]2C[C@H]1OC1CCCCO1. The van der Waals surface area contributed by atoms with Gasteiger partial charge in [0.1, 0.15) is 0 Å². The van der Waals surface area contributed by atoms with Crippen molar-refractivity contribution in [3.63, 3.8) is 0 Å². The van der Waals surface area contributed by atoms with Crippen LogP contribution in [0, 0.1) is 23.7 Å². The van der Waals surface area contributed by atoms with Crippen molar-refractivity contribution in [2.75, 3.05) is 13.7 Å². The highest BCUT2D eigenvalue weighted by Crippen LogP contribution is 2.52. The van der Waals surface area contributed by atoms with Gasteiger partial charge in [-0.25, -0.2) is 0 Å². The first-order chi connectivity index (χ1) is 16.0. The van der Waals surface area contributed by atoms with Gasteiger partial charge in [0.25, 0.3) is 0 Å². The summed E-state index contributed by atoms with van der Waals surface area (Å²) < 4.78 is 17.1. The molecule has 186 valence electrons. The van der Waals surface area contributed by atoms with E-state index in [-0.39, 0.29) is 36.0 Å². The molecule has 6 atom stereocenters. The predicted molar refractivity (Wildman–Crippen MR) is 130 cm³/mol. The number of carbonyl (C=O) groups is 2. The number of ether oxygens (including phenoxy) is 3. The van der Waals surface area contributed by atoms with Gasteiger partial charge in [0.2, 0.25) is 0 Å². The maximum Gasteiger partial charge on any atom is 0.305 e. The van der Waals surface area contributed by atoms with Crippen LogP contribution in [0.5, 0.6) is 0 Å². The fourth-order valence-electron chi connectivity index (χ4n) is 5.75. The zero-order valence-electron chi connectivity index (χ0n) is 20.9. The van der Waals surface area contributed by atoms with Crippen LogP contribution in [-0.2, 0) is 23.8 Å². The van der Waals surface area contributed by atoms with Gasteiger partial charge in [0, 0.05) is 24.9 Å². The maximum absolute atomic E-state index is 12.7. The quantitative estimate of drug-likeness (QED) is 0.151. The Hall–Kier alpha value is -1.46. The molecule has 0 aromatic heterocycles. The van der Waals surface area contributed by atoms with E-state index in [4.69, 9.17) is 14.2 Å². The summed E-state index contributed by atoms with van der Waals surface area (Å²) in [5, 5.41) is 0. The Morgan fingerprint density at radius 2 is 2.06 bits per heavy atom. The van der Waals surface area contributed by atoms with Crippen molar-refractivity contribution in [1.29, 1.82) is 0 Å². The first-order valence-electron chi connectivity index (χ1n) is 13.3. The summed E-state index contributed by atoms with van der Waals surface area (Å²) in [7, 11) is 1.44. The van der Waals surface area contributed by atoms with Crippen molar-refractivity contribution >= 4 is 11.8 Å². The minimum Gasteiger partial charge on any atom is -0.469 e. The minimum atomic E-state index is -0.135. The Morgan fingerprint density at radius 3 is 2.79 bits per heavy atom. The molecule has 0 aromatic rings. The number of ketones is 1. The highest BCUT2D eigenvalue weighted by atomic mass is 16.7. The normalized spacial score (nSPS) is 31.7. The summed E-state index contributed by atoms with van der Waals surface area (Å²) >= 11 is 0. The molecule has 1 saturated heterocycles. The largest absolute Gasteiger partial charge is 0.469 e. The van der Waals surface area contributed by atoms with E-state index in [9.17, 15) is 9.59 Å². The number of allylic oxidation sites excluding steroid dienone is 3. The minimum absolute atomic E-state index is 0.0910. The van der Waals surface area contributed by atoms with Crippen LogP contribution in [0.1, 0.15) is 90.9 Å². The van der Waals surface area contributed by atoms with E-state index in [1.54, 1.807) is 0 Å². The van der Waals surface area contributed by atoms with Gasteiger partial charge in [-0.05, 0) is 75.7 Å². The number of esters is 1. The van der Waals surface area contributed by atoms with Crippen molar-refractivity contribution in [2.24, 2.45) is 23.7 Å². The summed E-state index contributed by atoms with van der Waals surface area (Å²) in [6.07, 6.45) is 18.3. The van der Waals surface area contributed by atoms with E-state index < -0.39 is 0 Å². The molecule has 3 rings (SSSR count). The molecule has 1 aliphatic heterocycles. The monoisotopic (exact) mass is 460 g/mol. The highest BCUT2D eigenvalue weighted by Gasteiger charge is 2.47. The Labute approximate surface area is 200 Å². The van der Waals surface area contributed by atoms with Crippen LogP contribution in [0.15, 0.2) is 23.8 Å². The zero-order chi connectivity index (χ0) is 23.6. The summed E-state index contributed by atoms with van der Waals surface area (Å²) in [6, 6.07) is 0. The van der Waals surface area contributed by atoms with Gasteiger partial charge in [0.15, 0.2) is 12.1 Å². The van der Waals surface area contributed by atoms with Crippen molar-refractivity contribution in [3.8, 4) is 0 Å². The highest BCUT2D eigenvalue weighted by molar-refractivity contribution is 5.91. The van der Waals surface area contributed by atoms with Crippen molar-refractivity contribution < 1.29 is 23.8 Å². The lowest BCUT2D eigenvalue weighted by molar-refractivity contribution is -0.193.